The molecule has 0 unspecified atom stereocenters. The zero-order valence-corrected chi connectivity index (χ0v) is 19.7. The highest BCUT2D eigenvalue weighted by Crippen LogP contribution is 2.23. The maximum atomic E-state index is 12.6. The maximum Gasteiger partial charge on any atom is 0.251 e. The summed E-state index contributed by atoms with van der Waals surface area (Å²) in [6.45, 7) is 4.14. The summed E-state index contributed by atoms with van der Waals surface area (Å²) in [5.74, 6) is 0.362. The number of aromatic nitrogens is 4. The molecule has 8 nitrogen and oxygen atoms in total. The summed E-state index contributed by atoms with van der Waals surface area (Å²) in [7, 11) is 0. The Morgan fingerprint density at radius 3 is 2.58 bits per heavy atom. The SMILES string of the molecule is Cc1cccc(C(=O)NCc2nnc(SCC(=O)Nc3nccs3)n2-c2cccc(C)c2)c1. The van der Waals surface area contributed by atoms with Gasteiger partial charge in [-0.1, -0.05) is 41.6 Å². The Morgan fingerprint density at radius 2 is 1.85 bits per heavy atom. The van der Waals surface area contributed by atoms with E-state index in [1.165, 1.54) is 23.1 Å². The van der Waals surface area contributed by atoms with Crippen LogP contribution in [0.2, 0.25) is 0 Å². The lowest BCUT2D eigenvalue weighted by Gasteiger charge is -2.12. The molecule has 0 aliphatic carbocycles. The molecule has 0 atom stereocenters. The molecule has 4 aromatic rings. The molecular weight excluding hydrogens is 456 g/mol. The van der Waals surface area contributed by atoms with Gasteiger partial charge in [0.1, 0.15) is 0 Å². The molecule has 0 spiro atoms. The van der Waals surface area contributed by atoms with Crippen LogP contribution in [0, 0.1) is 13.8 Å². The van der Waals surface area contributed by atoms with Crippen molar-refractivity contribution in [2.75, 3.05) is 11.1 Å². The quantitative estimate of drug-likeness (QED) is 0.371. The van der Waals surface area contributed by atoms with Gasteiger partial charge in [-0.3, -0.25) is 14.2 Å². The summed E-state index contributed by atoms with van der Waals surface area (Å²) < 4.78 is 1.87. The van der Waals surface area contributed by atoms with E-state index in [2.05, 4.69) is 25.8 Å². The van der Waals surface area contributed by atoms with E-state index in [1.807, 2.05) is 60.9 Å². The van der Waals surface area contributed by atoms with Crippen LogP contribution in [-0.2, 0) is 11.3 Å². The number of hydrogen-bond donors (Lipinski definition) is 2. The number of nitrogens with one attached hydrogen (secondary N) is 2. The summed E-state index contributed by atoms with van der Waals surface area (Å²) >= 11 is 2.63. The second kappa shape index (κ2) is 10.4. The third-order valence-electron chi connectivity index (χ3n) is 4.66. The lowest BCUT2D eigenvalue weighted by atomic mass is 10.1. The van der Waals surface area contributed by atoms with E-state index in [9.17, 15) is 9.59 Å². The second-order valence-corrected chi connectivity index (χ2v) is 9.14. The molecule has 0 aliphatic heterocycles. The summed E-state index contributed by atoms with van der Waals surface area (Å²) in [5.41, 5.74) is 3.54. The Bertz CT molecular complexity index is 1270. The van der Waals surface area contributed by atoms with Gasteiger partial charge in [0.25, 0.3) is 5.91 Å². The van der Waals surface area contributed by atoms with E-state index < -0.39 is 0 Å². The zero-order chi connectivity index (χ0) is 23.2. The van der Waals surface area contributed by atoms with Crippen LogP contribution in [0.3, 0.4) is 0 Å². The number of benzene rings is 2. The van der Waals surface area contributed by atoms with Gasteiger partial charge in [0, 0.05) is 22.8 Å². The third-order valence-corrected chi connectivity index (χ3v) is 6.28. The first-order chi connectivity index (χ1) is 16.0. The lowest BCUT2D eigenvalue weighted by molar-refractivity contribution is -0.113. The smallest absolute Gasteiger partial charge is 0.251 e. The van der Waals surface area contributed by atoms with Crippen molar-refractivity contribution in [2.45, 2.75) is 25.5 Å². The van der Waals surface area contributed by atoms with E-state index in [1.54, 1.807) is 17.6 Å². The van der Waals surface area contributed by atoms with Gasteiger partial charge in [0.2, 0.25) is 5.91 Å². The number of thiazole rings is 1. The molecule has 0 bridgehead atoms. The molecule has 0 saturated carbocycles. The van der Waals surface area contributed by atoms with E-state index in [4.69, 9.17) is 0 Å². The van der Waals surface area contributed by atoms with Crippen LogP contribution in [-0.4, -0.2) is 37.3 Å². The first kappa shape index (κ1) is 22.7. The van der Waals surface area contributed by atoms with E-state index >= 15 is 0 Å². The molecule has 2 N–H and O–H groups in total. The number of hydrogen-bond acceptors (Lipinski definition) is 7. The number of aryl methyl sites for hydroxylation is 2. The van der Waals surface area contributed by atoms with E-state index in [0.717, 1.165) is 16.8 Å². The highest BCUT2D eigenvalue weighted by atomic mass is 32.2. The predicted octanol–water partition coefficient (Wildman–Crippen LogP) is 4.00. The predicted molar refractivity (Wildman–Crippen MR) is 130 cm³/mol. The Labute approximate surface area is 199 Å². The Morgan fingerprint density at radius 1 is 1.06 bits per heavy atom. The largest absolute Gasteiger partial charge is 0.345 e. The van der Waals surface area contributed by atoms with Crippen molar-refractivity contribution in [3.8, 4) is 5.69 Å². The molecule has 0 radical (unpaired) electrons. The van der Waals surface area contributed by atoms with E-state index in [0.29, 0.717) is 21.7 Å². The van der Waals surface area contributed by atoms with Gasteiger partial charge >= 0.3 is 0 Å². The van der Waals surface area contributed by atoms with Crippen molar-refractivity contribution in [2.24, 2.45) is 0 Å². The Kier molecular flexibility index (Phi) is 7.16. The maximum absolute atomic E-state index is 12.6. The number of carbonyl (C=O) groups is 2. The average Bonchev–Trinajstić information content (AvgIpc) is 3.45. The number of nitrogens with zero attached hydrogens (tertiary/aromatic N) is 4. The fourth-order valence-corrected chi connectivity index (χ4v) is 4.47. The van der Waals surface area contributed by atoms with Gasteiger partial charge < -0.3 is 10.6 Å². The topological polar surface area (TPSA) is 102 Å². The minimum atomic E-state index is -0.186. The third kappa shape index (κ3) is 5.85. The highest BCUT2D eigenvalue weighted by molar-refractivity contribution is 7.99. The molecule has 0 aliphatic rings. The van der Waals surface area contributed by atoms with Crippen molar-refractivity contribution < 1.29 is 9.59 Å². The molecule has 33 heavy (non-hydrogen) atoms. The van der Waals surface area contributed by atoms with Crippen molar-refractivity contribution in [3.05, 3.63) is 82.6 Å². The summed E-state index contributed by atoms with van der Waals surface area (Å²) in [5, 5.41) is 17.2. The number of amides is 2. The minimum absolute atomic E-state index is 0.152. The van der Waals surface area contributed by atoms with Crippen molar-refractivity contribution in [3.63, 3.8) is 0 Å². The van der Waals surface area contributed by atoms with Crippen molar-refractivity contribution in [1.82, 2.24) is 25.1 Å². The van der Waals surface area contributed by atoms with Crippen molar-refractivity contribution >= 4 is 40.0 Å². The molecule has 2 amide bonds. The van der Waals surface area contributed by atoms with Crippen LogP contribution >= 0.6 is 23.1 Å². The number of carbonyl (C=O) groups excluding carboxylic acids is 2. The first-order valence-electron chi connectivity index (χ1n) is 10.2. The highest BCUT2D eigenvalue weighted by Gasteiger charge is 2.17. The lowest BCUT2D eigenvalue weighted by Crippen LogP contribution is -2.24. The van der Waals surface area contributed by atoms with Gasteiger partial charge in [0.15, 0.2) is 16.1 Å². The molecule has 2 aromatic carbocycles. The first-order valence-corrected chi connectivity index (χ1v) is 12.0. The number of thioether (sulfide) groups is 1. The minimum Gasteiger partial charge on any atom is -0.345 e. The second-order valence-electron chi connectivity index (χ2n) is 7.30. The molecule has 2 aromatic heterocycles. The van der Waals surface area contributed by atoms with Crippen molar-refractivity contribution in [1.29, 1.82) is 0 Å². The van der Waals surface area contributed by atoms with Crippen LogP contribution in [0.25, 0.3) is 5.69 Å². The van der Waals surface area contributed by atoms with Crippen LogP contribution < -0.4 is 10.6 Å². The molecule has 4 rings (SSSR count). The van der Waals surface area contributed by atoms with Gasteiger partial charge in [-0.2, -0.15) is 0 Å². The van der Waals surface area contributed by atoms with Crippen LogP contribution in [0.15, 0.2) is 65.3 Å². The molecule has 10 heteroatoms. The summed E-state index contributed by atoms with van der Waals surface area (Å²) in [6.07, 6.45) is 1.64. The van der Waals surface area contributed by atoms with Crippen LogP contribution in [0.1, 0.15) is 27.3 Å². The molecule has 2 heterocycles. The molecule has 0 saturated heterocycles. The normalized spacial score (nSPS) is 10.7. The summed E-state index contributed by atoms with van der Waals surface area (Å²) in [6, 6.07) is 15.3. The van der Waals surface area contributed by atoms with E-state index in [-0.39, 0.29) is 24.1 Å². The van der Waals surface area contributed by atoms with Gasteiger partial charge in [0.05, 0.1) is 12.3 Å². The summed E-state index contributed by atoms with van der Waals surface area (Å²) in [4.78, 5) is 29.0. The fraction of sp³-hybridized carbons (Fsp3) is 0.174. The Hall–Kier alpha value is -3.50. The average molecular weight is 479 g/mol. The molecule has 0 fully saturated rings. The van der Waals surface area contributed by atoms with Crippen LogP contribution in [0.5, 0.6) is 0 Å². The van der Waals surface area contributed by atoms with Gasteiger partial charge in [-0.05, 0) is 43.7 Å². The molecule has 168 valence electrons. The van der Waals surface area contributed by atoms with Gasteiger partial charge in [-0.25, -0.2) is 4.98 Å². The standard InChI is InChI=1S/C23H22N6O2S2/c1-15-5-3-7-17(11-15)21(31)25-13-19-27-28-23(29(19)18-8-4-6-16(2)12-18)33-14-20(30)26-22-24-9-10-32-22/h3-12H,13-14H2,1-2H3,(H,25,31)(H,24,26,30). The number of anilines is 1. The molecular formula is C23H22N6O2S2. The number of rotatable bonds is 8. The zero-order valence-electron chi connectivity index (χ0n) is 18.1. The monoisotopic (exact) mass is 478 g/mol. The fourth-order valence-electron chi connectivity index (χ4n) is 3.15. The Balaban J connectivity index is 1.52. The van der Waals surface area contributed by atoms with Crippen LogP contribution in [0.4, 0.5) is 5.13 Å². The van der Waals surface area contributed by atoms with Gasteiger partial charge in [-0.15, -0.1) is 21.5 Å².